The van der Waals surface area contributed by atoms with Crippen molar-refractivity contribution in [3.8, 4) is 11.5 Å². The van der Waals surface area contributed by atoms with E-state index in [9.17, 15) is 9.59 Å². The first-order chi connectivity index (χ1) is 12.0. The maximum Gasteiger partial charge on any atom is 0.337 e. The Morgan fingerprint density at radius 2 is 1.72 bits per heavy atom. The number of benzene rings is 2. The number of para-hydroxylation sites is 1. The van der Waals surface area contributed by atoms with Crippen LogP contribution >= 0.6 is 0 Å². The molecule has 6 heteroatoms. The molecule has 0 spiro atoms. The van der Waals surface area contributed by atoms with Gasteiger partial charge in [0.1, 0.15) is 11.5 Å². The van der Waals surface area contributed by atoms with E-state index in [-0.39, 0.29) is 5.91 Å². The van der Waals surface area contributed by atoms with Crippen LogP contribution in [0.15, 0.2) is 48.5 Å². The number of carbonyl (C=O) groups excluding carboxylic acids is 2. The van der Waals surface area contributed by atoms with Gasteiger partial charge in [-0.15, -0.1) is 0 Å². The molecule has 0 aliphatic heterocycles. The predicted molar refractivity (Wildman–Crippen MR) is 92.7 cm³/mol. The summed E-state index contributed by atoms with van der Waals surface area (Å²) < 4.78 is 15.5. The molecule has 0 aromatic heterocycles. The smallest absolute Gasteiger partial charge is 0.337 e. The molecule has 0 saturated carbocycles. The molecule has 0 heterocycles. The van der Waals surface area contributed by atoms with Crippen LogP contribution < -0.4 is 14.8 Å². The number of esters is 1. The first-order valence-electron chi connectivity index (χ1n) is 7.79. The maximum atomic E-state index is 12.2. The SMILES string of the molecule is COC(=O)c1ccc(O[C@@H](C)C(=O)NCc2ccccc2OC)cc1. The largest absolute Gasteiger partial charge is 0.496 e. The molecule has 1 atom stereocenters. The van der Waals surface area contributed by atoms with E-state index >= 15 is 0 Å². The van der Waals surface area contributed by atoms with Gasteiger partial charge in [-0.3, -0.25) is 4.79 Å². The predicted octanol–water partition coefficient (Wildman–Crippen LogP) is 2.57. The number of carbonyl (C=O) groups is 2. The summed E-state index contributed by atoms with van der Waals surface area (Å²) in [5.74, 6) is 0.541. The van der Waals surface area contributed by atoms with Crippen LogP contribution in [0.5, 0.6) is 11.5 Å². The number of rotatable bonds is 7. The third kappa shape index (κ3) is 4.97. The van der Waals surface area contributed by atoms with Crippen molar-refractivity contribution in [2.24, 2.45) is 0 Å². The second-order valence-electron chi connectivity index (χ2n) is 5.31. The van der Waals surface area contributed by atoms with Crippen molar-refractivity contribution in [2.75, 3.05) is 14.2 Å². The number of nitrogens with one attached hydrogen (secondary N) is 1. The van der Waals surface area contributed by atoms with Gasteiger partial charge in [0.25, 0.3) is 5.91 Å². The van der Waals surface area contributed by atoms with Crippen LogP contribution in [0.2, 0.25) is 0 Å². The van der Waals surface area contributed by atoms with Crippen LogP contribution in [0.25, 0.3) is 0 Å². The standard InChI is InChI=1S/C19H21NO5/c1-13(25-16-10-8-14(9-11-16)19(22)24-3)18(21)20-12-15-6-4-5-7-17(15)23-2/h4-11,13H,12H2,1-3H3,(H,20,21)/t13-/m0/s1. The van der Waals surface area contributed by atoms with Gasteiger partial charge < -0.3 is 19.5 Å². The van der Waals surface area contributed by atoms with Crippen LogP contribution in [0.3, 0.4) is 0 Å². The molecule has 1 amide bonds. The highest BCUT2D eigenvalue weighted by Gasteiger charge is 2.15. The molecule has 0 aliphatic rings. The number of methoxy groups -OCH3 is 2. The van der Waals surface area contributed by atoms with E-state index < -0.39 is 12.1 Å². The molecule has 0 unspecified atom stereocenters. The molecule has 2 aromatic carbocycles. The molecule has 0 saturated heterocycles. The molecule has 0 fully saturated rings. The third-order valence-corrected chi connectivity index (χ3v) is 3.60. The fourth-order valence-electron chi connectivity index (χ4n) is 2.22. The van der Waals surface area contributed by atoms with Gasteiger partial charge in [-0.2, -0.15) is 0 Å². The van der Waals surface area contributed by atoms with E-state index in [1.165, 1.54) is 7.11 Å². The minimum Gasteiger partial charge on any atom is -0.496 e. The first kappa shape index (κ1) is 18.3. The molecule has 25 heavy (non-hydrogen) atoms. The van der Waals surface area contributed by atoms with Gasteiger partial charge in [0.15, 0.2) is 6.10 Å². The summed E-state index contributed by atoms with van der Waals surface area (Å²) in [6, 6.07) is 13.9. The summed E-state index contributed by atoms with van der Waals surface area (Å²) in [5.41, 5.74) is 1.30. The van der Waals surface area contributed by atoms with Gasteiger partial charge in [-0.05, 0) is 37.3 Å². The van der Waals surface area contributed by atoms with Gasteiger partial charge in [0.2, 0.25) is 0 Å². The van der Waals surface area contributed by atoms with Crippen LogP contribution in [-0.2, 0) is 16.1 Å². The minimum absolute atomic E-state index is 0.247. The van der Waals surface area contributed by atoms with Crippen LogP contribution in [-0.4, -0.2) is 32.2 Å². The van der Waals surface area contributed by atoms with Gasteiger partial charge >= 0.3 is 5.97 Å². The molecule has 0 bridgehead atoms. The molecule has 2 aromatic rings. The van der Waals surface area contributed by atoms with Crippen molar-refractivity contribution in [1.82, 2.24) is 5.32 Å². The Morgan fingerprint density at radius 3 is 2.36 bits per heavy atom. The van der Waals surface area contributed by atoms with Crippen molar-refractivity contribution < 1.29 is 23.8 Å². The molecular weight excluding hydrogens is 322 g/mol. The molecular formula is C19H21NO5. The third-order valence-electron chi connectivity index (χ3n) is 3.60. The lowest BCUT2D eigenvalue weighted by molar-refractivity contribution is -0.127. The lowest BCUT2D eigenvalue weighted by atomic mass is 10.2. The van der Waals surface area contributed by atoms with Crippen molar-refractivity contribution in [1.29, 1.82) is 0 Å². The summed E-state index contributed by atoms with van der Waals surface area (Å²) in [6.45, 7) is 2.00. The lowest BCUT2D eigenvalue weighted by Crippen LogP contribution is -2.36. The molecule has 0 aliphatic carbocycles. The fraction of sp³-hybridized carbons (Fsp3) is 0.263. The van der Waals surface area contributed by atoms with Crippen LogP contribution in [0, 0.1) is 0 Å². The molecule has 6 nitrogen and oxygen atoms in total. The van der Waals surface area contributed by atoms with E-state index in [0.717, 1.165) is 11.3 Å². The first-order valence-corrected chi connectivity index (χ1v) is 7.79. The fourth-order valence-corrected chi connectivity index (χ4v) is 2.22. The summed E-state index contributed by atoms with van der Waals surface area (Å²) in [5, 5.41) is 2.81. The molecule has 2 rings (SSSR count). The van der Waals surface area contributed by atoms with E-state index in [4.69, 9.17) is 9.47 Å². The molecule has 0 radical (unpaired) electrons. The van der Waals surface area contributed by atoms with E-state index in [1.807, 2.05) is 24.3 Å². The monoisotopic (exact) mass is 343 g/mol. The maximum absolute atomic E-state index is 12.2. The van der Waals surface area contributed by atoms with Crippen molar-refractivity contribution in [3.63, 3.8) is 0 Å². The highest BCUT2D eigenvalue weighted by molar-refractivity contribution is 5.89. The quantitative estimate of drug-likeness (QED) is 0.782. The van der Waals surface area contributed by atoms with E-state index in [1.54, 1.807) is 38.3 Å². The zero-order valence-corrected chi connectivity index (χ0v) is 14.4. The van der Waals surface area contributed by atoms with E-state index in [2.05, 4.69) is 10.1 Å². The second-order valence-corrected chi connectivity index (χ2v) is 5.31. The molecule has 1 N–H and O–H groups in total. The highest BCUT2D eigenvalue weighted by Crippen LogP contribution is 2.17. The number of hydrogen-bond acceptors (Lipinski definition) is 5. The average molecular weight is 343 g/mol. The minimum atomic E-state index is -0.682. The summed E-state index contributed by atoms with van der Waals surface area (Å²) in [6.07, 6.45) is -0.682. The zero-order chi connectivity index (χ0) is 18.2. The van der Waals surface area contributed by atoms with Crippen molar-refractivity contribution in [2.45, 2.75) is 19.6 Å². The van der Waals surface area contributed by atoms with Crippen LogP contribution in [0.1, 0.15) is 22.8 Å². The second kappa shape index (κ2) is 8.73. The zero-order valence-electron chi connectivity index (χ0n) is 14.4. The highest BCUT2D eigenvalue weighted by atomic mass is 16.5. The van der Waals surface area contributed by atoms with Gasteiger partial charge in [-0.1, -0.05) is 18.2 Å². The summed E-state index contributed by atoms with van der Waals surface area (Å²) in [4.78, 5) is 23.6. The lowest BCUT2D eigenvalue weighted by Gasteiger charge is -2.15. The van der Waals surface area contributed by atoms with Gasteiger partial charge in [0.05, 0.1) is 19.8 Å². The Morgan fingerprint density at radius 1 is 1.04 bits per heavy atom. The summed E-state index contributed by atoms with van der Waals surface area (Å²) >= 11 is 0. The van der Waals surface area contributed by atoms with Gasteiger partial charge in [0, 0.05) is 12.1 Å². The normalized spacial score (nSPS) is 11.3. The summed E-state index contributed by atoms with van der Waals surface area (Å²) in [7, 11) is 2.91. The number of ether oxygens (including phenoxy) is 3. The van der Waals surface area contributed by atoms with Crippen LogP contribution in [0.4, 0.5) is 0 Å². The topological polar surface area (TPSA) is 73.9 Å². The Labute approximate surface area is 146 Å². The number of hydrogen-bond donors (Lipinski definition) is 1. The van der Waals surface area contributed by atoms with Crippen molar-refractivity contribution >= 4 is 11.9 Å². The molecule has 132 valence electrons. The van der Waals surface area contributed by atoms with Crippen molar-refractivity contribution in [3.05, 3.63) is 59.7 Å². The Bertz CT molecular complexity index is 727. The Balaban J connectivity index is 1.90. The van der Waals surface area contributed by atoms with Gasteiger partial charge in [-0.25, -0.2) is 4.79 Å². The average Bonchev–Trinajstić information content (AvgIpc) is 2.66. The number of amides is 1. The Kier molecular flexibility index (Phi) is 6.39. The van der Waals surface area contributed by atoms with E-state index in [0.29, 0.717) is 17.9 Å². The Hall–Kier alpha value is -3.02.